The molecule has 4 nitrogen and oxygen atoms in total. The number of carbonyl (C=O) groups is 1. The van der Waals surface area contributed by atoms with E-state index in [0.717, 1.165) is 25.9 Å². The third-order valence-electron chi connectivity index (χ3n) is 2.05. The molecule has 1 fully saturated rings. The zero-order valence-electron chi connectivity index (χ0n) is 8.14. The highest BCUT2D eigenvalue weighted by Crippen LogP contribution is 1.95. The second-order valence-corrected chi connectivity index (χ2v) is 3.21. The number of unbranched alkanes of at least 4 members (excludes halogenated alkanes) is 1. The zero-order chi connectivity index (χ0) is 9.52. The first kappa shape index (κ1) is 10.5. The van der Waals surface area contributed by atoms with Gasteiger partial charge in [-0.05, 0) is 6.42 Å². The van der Waals surface area contributed by atoms with Gasteiger partial charge in [0.25, 0.3) is 0 Å². The molecule has 1 saturated heterocycles. The van der Waals surface area contributed by atoms with Crippen LogP contribution in [0.1, 0.15) is 19.8 Å². The number of hydrogen-bond acceptors (Lipinski definition) is 3. The van der Waals surface area contributed by atoms with Gasteiger partial charge in [0.2, 0.25) is 5.91 Å². The van der Waals surface area contributed by atoms with Gasteiger partial charge in [0, 0.05) is 19.6 Å². The average Bonchev–Trinajstić information content (AvgIpc) is 2.19. The van der Waals surface area contributed by atoms with E-state index in [1.807, 2.05) is 0 Å². The fourth-order valence-corrected chi connectivity index (χ4v) is 1.24. The average molecular weight is 186 g/mol. The van der Waals surface area contributed by atoms with Crippen molar-refractivity contribution in [2.75, 3.05) is 26.2 Å². The molecule has 1 amide bonds. The van der Waals surface area contributed by atoms with Crippen molar-refractivity contribution >= 4 is 5.91 Å². The molecular formula is C9H18N2O2. The van der Waals surface area contributed by atoms with Crippen molar-refractivity contribution in [1.82, 2.24) is 10.6 Å². The monoisotopic (exact) mass is 186 g/mol. The molecule has 1 aliphatic rings. The summed E-state index contributed by atoms with van der Waals surface area (Å²) in [5.74, 6) is 0.0145. The summed E-state index contributed by atoms with van der Waals surface area (Å²) in [4.78, 5) is 11.4. The Morgan fingerprint density at radius 2 is 2.54 bits per heavy atom. The molecular weight excluding hydrogens is 168 g/mol. The first-order valence-corrected chi connectivity index (χ1v) is 4.94. The van der Waals surface area contributed by atoms with Crippen molar-refractivity contribution < 1.29 is 9.53 Å². The Bertz CT molecular complexity index is 156. The highest BCUT2D eigenvalue weighted by molar-refractivity contribution is 5.81. The number of carbonyl (C=O) groups excluding carboxylic acids is 1. The molecule has 1 aliphatic heterocycles. The molecule has 4 heteroatoms. The Morgan fingerprint density at radius 1 is 1.69 bits per heavy atom. The molecule has 0 aromatic carbocycles. The van der Waals surface area contributed by atoms with Gasteiger partial charge in [-0.1, -0.05) is 13.3 Å². The van der Waals surface area contributed by atoms with Crippen molar-refractivity contribution in [1.29, 1.82) is 0 Å². The third-order valence-corrected chi connectivity index (χ3v) is 2.05. The highest BCUT2D eigenvalue weighted by atomic mass is 16.5. The number of amides is 1. The Hall–Kier alpha value is -0.610. The first-order chi connectivity index (χ1) is 6.34. The van der Waals surface area contributed by atoms with Crippen LogP contribution in [0.5, 0.6) is 0 Å². The summed E-state index contributed by atoms with van der Waals surface area (Å²) in [6.45, 7) is 4.97. The minimum absolute atomic E-state index is 0.0145. The van der Waals surface area contributed by atoms with E-state index < -0.39 is 0 Å². The van der Waals surface area contributed by atoms with E-state index in [1.54, 1.807) is 0 Å². The Labute approximate surface area is 79.0 Å². The van der Waals surface area contributed by atoms with Crippen molar-refractivity contribution in [3.8, 4) is 0 Å². The molecule has 0 aromatic heterocycles. The first-order valence-electron chi connectivity index (χ1n) is 4.94. The molecule has 1 heterocycles. The number of ether oxygens (including phenoxy) is 1. The van der Waals surface area contributed by atoms with Gasteiger partial charge in [-0.2, -0.15) is 0 Å². The van der Waals surface area contributed by atoms with E-state index in [-0.39, 0.29) is 12.0 Å². The molecule has 2 N–H and O–H groups in total. The molecule has 76 valence electrons. The molecule has 0 aromatic rings. The lowest BCUT2D eigenvalue weighted by Crippen LogP contribution is -2.47. The molecule has 0 spiro atoms. The zero-order valence-corrected chi connectivity index (χ0v) is 8.14. The van der Waals surface area contributed by atoms with Crippen LogP contribution in [0.25, 0.3) is 0 Å². The maximum absolute atomic E-state index is 11.4. The van der Waals surface area contributed by atoms with E-state index in [4.69, 9.17) is 4.74 Å². The van der Waals surface area contributed by atoms with Crippen LogP contribution in [0.4, 0.5) is 0 Å². The van der Waals surface area contributed by atoms with Crippen LogP contribution < -0.4 is 10.6 Å². The van der Waals surface area contributed by atoms with Gasteiger partial charge in [0.05, 0.1) is 6.61 Å². The van der Waals surface area contributed by atoms with Gasteiger partial charge in [-0.25, -0.2) is 0 Å². The molecule has 0 saturated carbocycles. The third kappa shape index (κ3) is 3.74. The summed E-state index contributed by atoms with van der Waals surface area (Å²) >= 11 is 0. The molecule has 0 bridgehead atoms. The van der Waals surface area contributed by atoms with Gasteiger partial charge in [0.15, 0.2) is 0 Å². The molecule has 0 radical (unpaired) electrons. The van der Waals surface area contributed by atoms with Crippen LogP contribution in [0.15, 0.2) is 0 Å². The second-order valence-electron chi connectivity index (χ2n) is 3.21. The van der Waals surface area contributed by atoms with E-state index >= 15 is 0 Å². The molecule has 13 heavy (non-hydrogen) atoms. The minimum atomic E-state index is -0.286. The second kappa shape index (κ2) is 5.94. The lowest BCUT2D eigenvalue weighted by Gasteiger charge is -2.22. The van der Waals surface area contributed by atoms with Crippen molar-refractivity contribution in [2.24, 2.45) is 0 Å². The van der Waals surface area contributed by atoms with Gasteiger partial charge in [-0.15, -0.1) is 0 Å². The van der Waals surface area contributed by atoms with Crippen LogP contribution in [0, 0.1) is 0 Å². The predicted molar refractivity (Wildman–Crippen MR) is 50.5 cm³/mol. The number of nitrogens with one attached hydrogen (secondary N) is 2. The van der Waals surface area contributed by atoms with Crippen LogP contribution in [0.2, 0.25) is 0 Å². The van der Waals surface area contributed by atoms with Crippen LogP contribution in [0.3, 0.4) is 0 Å². The van der Waals surface area contributed by atoms with Crippen molar-refractivity contribution in [3.05, 3.63) is 0 Å². The lowest BCUT2D eigenvalue weighted by atomic mass is 10.2. The smallest absolute Gasteiger partial charge is 0.250 e. The molecule has 1 atom stereocenters. The van der Waals surface area contributed by atoms with Gasteiger partial charge in [0.1, 0.15) is 6.10 Å². The fourth-order valence-electron chi connectivity index (χ4n) is 1.24. The lowest BCUT2D eigenvalue weighted by molar-refractivity contribution is -0.134. The normalized spacial score (nSPS) is 22.7. The molecule has 1 rings (SSSR count). The quantitative estimate of drug-likeness (QED) is 0.602. The predicted octanol–water partition coefficient (Wildman–Crippen LogP) is -0.109. The Morgan fingerprint density at radius 3 is 3.15 bits per heavy atom. The van der Waals surface area contributed by atoms with Crippen LogP contribution >= 0.6 is 0 Å². The Balaban J connectivity index is 2.13. The van der Waals surface area contributed by atoms with E-state index in [0.29, 0.717) is 13.2 Å². The SMILES string of the molecule is CCCCNC(=O)C1CNCCO1. The topological polar surface area (TPSA) is 50.4 Å². The maximum atomic E-state index is 11.4. The van der Waals surface area contributed by atoms with E-state index in [1.165, 1.54) is 0 Å². The summed E-state index contributed by atoms with van der Waals surface area (Å²) in [6.07, 6.45) is 1.85. The summed E-state index contributed by atoms with van der Waals surface area (Å²) < 4.78 is 5.30. The summed E-state index contributed by atoms with van der Waals surface area (Å²) in [5, 5.41) is 5.97. The fraction of sp³-hybridized carbons (Fsp3) is 0.889. The van der Waals surface area contributed by atoms with Gasteiger partial charge < -0.3 is 15.4 Å². The summed E-state index contributed by atoms with van der Waals surface area (Å²) in [6, 6.07) is 0. The van der Waals surface area contributed by atoms with Crippen LogP contribution in [-0.2, 0) is 9.53 Å². The number of morpholine rings is 1. The highest BCUT2D eigenvalue weighted by Gasteiger charge is 2.20. The number of rotatable bonds is 4. The largest absolute Gasteiger partial charge is 0.366 e. The summed E-state index contributed by atoms with van der Waals surface area (Å²) in [5.41, 5.74) is 0. The van der Waals surface area contributed by atoms with Gasteiger partial charge >= 0.3 is 0 Å². The number of hydrogen-bond donors (Lipinski definition) is 2. The molecule has 0 aliphatic carbocycles. The van der Waals surface area contributed by atoms with E-state index in [9.17, 15) is 4.79 Å². The van der Waals surface area contributed by atoms with Crippen LogP contribution in [-0.4, -0.2) is 38.3 Å². The standard InChI is InChI=1S/C9H18N2O2/c1-2-3-4-11-9(12)8-7-10-5-6-13-8/h8,10H,2-7H2,1H3,(H,11,12). The minimum Gasteiger partial charge on any atom is -0.366 e. The maximum Gasteiger partial charge on any atom is 0.250 e. The Kier molecular flexibility index (Phi) is 4.78. The van der Waals surface area contributed by atoms with Crippen molar-refractivity contribution in [2.45, 2.75) is 25.9 Å². The molecule has 1 unspecified atom stereocenters. The van der Waals surface area contributed by atoms with Crippen molar-refractivity contribution in [3.63, 3.8) is 0 Å². The van der Waals surface area contributed by atoms with Gasteiger partial charge in [-0.3, -0.25) is 4.79 Å². The summed E-state index contributed by atoms with van der Waals surface area (Å²) in [7, 11) is 0. The van der Waals surface area contributed by atoms with E-state index in [2.05, 4.69) is 17.6 Å².